The van der Waals surface area contributed by atoms with Gasteiger partial charge in [0, 0.05) is 5.56 Å². The standard InChI is InChI=1S/C12H17NO/c1-3-9-6-5-7-10-11(13-4-2)8-14-12(9)10/h5-7,11,13H,3-4,8H2,1-2H3. The second kappa shape index (κ2) is 4.01. The summed E-state index contributed by atoms with van der Waals surface area (Å²) in [5, 5.41) is 3.43. The van der Waals surface area contributed by atoms with Crippen LogP contribution in [0.1, 0.15) is 31.0 Å². The SMILES string of the molecule is CCNC1COc2c(CC)cccc21. The second-order valence-electron chi connectivity index (χ2n) is 3.61. The van der Waals surface area contributed by atoms with E-state index in [9.17, 15) is 0 Å². The predicted molar refractivity (Wildman–Crippen MR) is 57.7 cm³/mol. The van der Waals surface area contributed by atoms with Crippen LogP contribution in [0.2, 0.25) is 0 Å². The van der Waals surface area contributed by atoms with Crippen LogP contribution in [0.5, 0.6) is 5.75 Å². The summed E-state index contributed by atoms with van der Waals surface area (Å²) in [7, 11) is 0. The number of likely N-dealkylation sites (N-methyl/N-ethyl adjacent to an activating group) is 1. The minimum absolute atomic E-state index is 0.390. The molecule has 2 nitrogen and oxygen atoms in total. The summed E-state index contributed by atoms with van der Waals surface area (Å²) in [5.74, 6) is 1.11. The fourth-order valence-corrected chi connectivity index (χ4v) is 2.01. The molecule has 0 radical (unpaired) electrons. The second-order valence-corrected chi connectivity index (χ2v) is 3.61. The Morgan fingerprint density at radius 3 is 3.00 bits per heavy atom. The molecule has 0 spiro atoms. The molecule has 1 aliphatic rings. The minimum atomic E-state index is 0.390. The zero-order valence-corrected chi connectivity index (χ0v) is 8.84. The quantitative estimate of drug-likeness (QED) is 0.791. The van der Waals surface area contributed by atoms with E-state index in [1.54, 1.807) is 0 Å². The molecule has 1 unspecified atom stereocenters. The van der Waals surface area contributed by atoms with Gasteiger partial charge in [-0.1, -0.05) is 32.0 Å². The molecule has 1 aromatic rings. The molecule has 0 amide bonds. The maximum absolute atomic E-state index is 5.72. The van der Waals surface area contributed by atoms with Crippen molar-refractivity contribution >= 4 is 0 Å². The van der Waals surface area contributed by atoms with Crippen LogP contribution >= 0.6 is 0 Å². The number of fused-ring (bicyclic) bond motifs is 1. The van der Waals surface area contributed by atoms with E-state index in [0.717, 1.165) is 25.3 Å². The third-order valence-corrected chi connectivity index (χ3v) is 2.73. The number of nitrogens with one attached hydrogen (secondary N) is 1. The van der Waals surface area contributed by atoms with Crippen LogP contribution in [0, 0.1) is 0 Å². The van der Waals surface area contributed by atoms with Crippen molar-refractivity contribution in [3.05, 3.63) is 29.3 Å². The molecule has 1 aliphatic heterocycles. The smallest absolute Gasteiger partial charge is 0.127 e. The number of hydrogen-bond donors (Lipinski definition) is 1. The molecule has 0 fully saturated rings. The topological polar surface area (TPSA) is 21.3 Å². The first kappa shape index (κ1) is 9.53. The normalized spacial score (nSPS) is 19.1. The highest BCUT2D eigenvalue weighted by atomic mass is 16.5. The summed E-state index contributed by atoms with van der Waals surface area (Å²) in [6.45, 7) is 6.06. The van der Waals surface area contributed by atoms with Crippen LogP contribution in [0.4, 0.5) is 0 Å². The first-order chi connectivity index (χ1) is 6.86. The third-order valence-electron chi connectivity index (χ3n) is 2.73. The number of ether oxygens (including phenoxy) is 1. The lowest BCUT2D eigenvalue weighted by atomic mass is 10.0. The van der Waals surface area contributed by atoms with Crippen molar-refractivity contribution in [1.82, 2.24) is 5.32 Å². The van der Waals surface area contributed by atoms with Crippen LogP contribution < -0.4 is 10.1 Å². The zero-order valence-electron chi connectivity index (χ0n) is 8.84. The molecule has 0 saturated heterocycles. The van der Waals surface area contributed by atoms with Crippen molar-refractivity contribution in [2.24, 2.45) is 0 Å². The lowest BCUT2D eigenvalue weighted by Gasteiger charge is -2.09. The molecule has 0 saturated carbocycles. The van der Waals surface area contributed by atoms with Crippen molar-refractivity contribution < 1.29 is 4.74 Å². The van der Waals surface area contributed by atoms with Gasteiger partial charge in [-0.2, -0.15) is 0 Å². The van der Waals surface area contributed by atoms with E-state index in [4.69, 9.17) is 4.74 Å². The fourth-order valence-electron chi connectivity index (χ4n) is 2.01. The van der Waals surface area contributed by atoms with Gasteiger partial charge in [-0.3, -0.25) is 0 Å². The van der Waals surface area contributed by atoms with Gasteiger partial charge in [0.15, 0.2) is 0 Å². The van der Waals surface area contributed by atoms with Crippen molar-refractivity contribution in [3.8, 4) is 5.75 Å². The molecule has 0 bridgehead atoms. The van der Waals surface area contributed by atoms with Gasteiger partial charge in [0.25, 0.3) is 0 Å². The van der Waals surface area contributed by atoms with E-state index in [0.29, 0.717) is 6.04 Å². The minimum Gasteiger partial charge on any atom is -0.491 e. The molecule has 1 aromatic carbocycles. The number of benzene rings is 1. The molecule has 0 aromatic heterocycles. The van der Waals surface area contributed by atoms with Crippen LogP contribution in [0.3, 0.4) is 0 Å². The lowest BCUT2D eigenvalue weighted by Crippen LogP contribution is -2.21. The summed E-state index contributed by atoms with van der Waals surface area (Å²) in [6, 6.07) is 6.82. The number of hydrogen-bond acceptors (Lipinski definition) is 2. The van der Waals surface area contributed by atoms with E-state index in [1.807, 2.05) is 0 Å². The van der Waals surface area contributed by atoms with Crippen LogP contribution in [0.25, 0.3) is 0 Å². The van der Waals surface area contributed by atoms with E-state index < -0.39 is 0 Å². The van der Waals surface area contributed by atoms with Gasteiger partial charge in [-0.25, -0.2) is 0 Å². The Morgan fingerprint density at radius 2 is 2.29 bits per heavy atom. The van der Waals surface area contributed by atoms with Crippen molar-refractivity contribution in [1.29, 1.82) is 0 Å². The Bertz CT molecular complexity index is 322. The summed E-state index contributed by atoms with van der Waals surface area (Å²) < 4.78 is 5.72. The summed E-state index contributed by atoms with van der Waals surface area (Å²) in [4.78, 5) is 0. The molecular weight excluding hydrogens is 174 g/mol. The van der Waals surface area contributed by atoms with Gasteiger partial charge >= 0.3 is 0 Å². The van der Waals surface area contributed by atoms with Crippen molar-refractivity contribution in [2.75, 3.05) is 13.2 Å². The number of para-hydroxylation sites is 1. The largest absolute Gasteiger partial charge is 0.491 e. The Balaban J connectivity index is 2.31. The Labute approximate surface area is 85.3 Å². The van der Waals surface area contributed by atoms with Gasteiger partial charge in [-0.05, 0) is 18.5 Å². The maximum atomic E-state index is 5.72. The van der Waals surface area contributed by atoms with E-state index in [-0.39, 0.29) is 0 Å². The molecule has 1 atom stereocenters. The van der Waals surface area contributed by atoms with Crippen LogP contribution in [-0.4, -0.2) is 13.2 Å². The molecule has 14 heavy (non-hydrogen) atoms. The Hall–Kier alpha value is -1.02. The molecule has 0 aliphatic carbocycles. The monoisotopic (exact) mass is 191 g/mol. The molecule has 2 heteroatoms. The fraction of sp³-hybridized carbons (Fsp3) is 0.500. The molecule has 2 rings (SSSR count). The molecular formula is C12H17NO. The predicted octanol–water partition coefficient (Wildman–Crippen LogP) is 2.29. The van der Waals surface area contributed by atoms with Gasteiger partial charge < -0.3 is 10.1 Å². The number of aryl methyl sites for hydroxylation is 1. The van der Waals surface area contributed by atoms with E-state index in [2.05, 4.69) is 37.4 Å². The highest BCUT2D eigenvalue weighted by Gasteiger charge is 2.24. The average molecular weight is 191 g/mol. The van der Waals surface area contributed by atoms with Gasteiger partial charge in [-0.15, -0.1) is 0 Å². The molecule has 76 valence electrons. The zero-order chi connectivity index (χ0) is 9.97. The number of rotatable bonds is 3. The Morgan fingerprint density at radius 1 is 1.43 bits per heavy atom. The molecule has 1 N–H and O–H groups in total. The van der Waals surface area contributed by atoms with E-state index >= 15 is 0 Å². The summed E-state index contributed by atoms with van der Waals surface area (Å²) in [5.41, 5.74) is 2.65. The van der Waals surface area contributed by atoms with Crippen LogP contribution in [-0.2, 0) is 6.42 Å². The summed E-state index contributed by atoms with van der Waals surface area (Å²) >= 11 is 0. The van der Waals surface area contributed by atoms with Crippen LogP contribution in [0.15, 0.2) is 18.2 Å². The highest BCUT2D eigenvalue weighted by Crippen LogP contribution is 2.35. The van der Waals surface area contributed by atoms with Crippen molar-refractivity contribution in [2.45, 2.75) is 26.3 Å². The maximum Gasteiger partial charge on any atom is 0.127 e. The third kappa shape index (κ3) is 1.50. The van der Waals surface area contributed by atoms with Gasteiger partial charge in [0.05, 0.1) is 6.04 Å². The van der Waals surface area contributed by atoms with E-state index in [1.165, 1.54) is 11.1 Å². The van der Waals surface area contributed by atoms with Gasteiger partial charge in [0.2, 0.25) is 0 Å². The van der Waals surface area contributed by atoms with Crippen molar-refractivity contribution in [3.63, 3.8) is 0 Å². The Kier molecular flexibility index (Phi) is 2.73. The highest BCUT2D eigenvalue weighted by molar-refractivity contribution is 5.46. The average Bonchev–Trinajstić information content (AvgIpc) is 2.62. The van der Waals surface area contributed by atoms with Gasteiger partial charge in [0.1, 0.15) is 12.4 Å². The first-order valence-corrected chi connectivity index (χ1v) is 5.34. The lowest BCUT2D eigenvalue weighted by molar-refractivity contribution is 0.311. The summed E-state index contributed by atoms with van der Waals surface area (Å²) in [6.07, 6.45) is 1.04. The first-order valence-electron chi connectivity index (χ1n) is 5.34. The molecule has 1 heterocycles.